The van der Waals surface area contributed by atoms with Crippen molar-refractivity contribution >= 4 is 23.3 Å². The van der Waals surface area contributed by atoms with Crippen LogP contribution < -0.4 is 25.6 Å². The van der Waals surface area contributed by atoms with Crippen molar-refractivity contribution in [2.24, 2.45) is 5.73 Å². The van der Waals surface area contributed by atoms with Gasteiger partial charge in [-0.2, -0.15) is 0 Å². The standard InChI is InChI=1S/C22H27N5O3/c1-14(15-3-7-18(30-2)8-4-15)25-22(29)16-11-19-21(24-13-16)26(17-5-6-17)9-10-27(19)20(28)12-23/h3-4,7-8,11,13-14,17H,5-6,9-10,12,23H2,1-2H3,(H,25,29)/t14-/m0/s1. The molecule has 0 spiro atoms. The molecule has 158 valence electrons. The van der Waals surface area contributed by atoms with Gasteiger partial charge in [0.2, 0.25) is 5.91 Å². The van der Waals surface area contributed by atoms with Crippen LogP contribution in [-0.4, -0.2) is 49.6 Å². The van der Waals surface area contributed by atoms with E-state index in [0.717, 1.165) is 36.5 Å². The lowest BCUT2D eigenvalue weighted by atomic mass is 10.1. The molecule has 1 aliphatic carbocycles. The third-order valence-corrected chi connectivity index (χ3v) is 5.66. The minimum atomic E-state index is -0.239. The summed E-state index contributed by atoms with van der Waals surface area (Å²) in [7, 11) is 1.62. The van der Waals surface area contributed by atoms with Gasteiger partial charge in [0.1, 0.15) is 5.75 Å². The second-order valence-electron chi connectivity index (χ2n) is 7.71. The Morgan fingerprint density at radius 2 is 2.00 bits per heavy atom. The van der Waals surface area contributed by atoms with Crippen LogP contribution >= 0.6 is 0 Å². The average Bonchev–Trinajstić information content (AvgIpc) is 3.62. The number of amides is 2. The molecule has 8 nitrogen and oxygen atoms in total. The maximum atomic E-state index is 12.9. The van der Waals surface area contributed by atoms with Gasteiger partial charge in [0.25, 0.3) is 5.91 Å². The summed E-state index contributed by atoms with van der Waals surface area (Å²) < 4.78 is 5.18. The van der Waals surface area contributed by atoms with Crippen LogP contribution in [0.3, 0.4) is 0 Å². The van der Waals surface area contributed by atoms with Crippen molar-refractivity contribution in [3.05, 3.63) is 47.7 Å². The molecular weight excluding hydrogens is 382 g/mol. The van der Waals surface area contributed by atoms with Gasteiger partial charge in [-0.25, -0.2) is 4.98 Å². The Balaban J connectivity index is 1.56. The van der Waals surface area contributed by atoms with Crippen LogP contribution in [0.4, 0.5) is 11.5 Å². The first-order chi connectivity index (χ1) is 14.5. The predicted octanol–water partition coefficient (Wildman–Crippen LogP) is 1.86. The maximum Gasteiger partial charge on any atom is 0.253 e. The van der Waals surface area contributed by atoms with Gasteiger partial charge < -0.3 is 25.6 Å². The number of carbonyl (C=O) groups excluding carboxylic acids is 2. The first-order valence-corrected chi connectivity index (χ1v) is 10.2. The molecule has 8 heteroatoms. The number of aromatic nitrogens is 1. The summed E-state index contributed by atoms with van der Waals surface area (Å²) in [5.41, 5.74) is 7.65. The molecule has 3 N–H and O–H groups in total. The fourth-order valence-corrected chi connectivity index (χ4v) is 3.79. The number of nitrogens with one attached hydrogen (secondary N) is 1. The van der Waals surface area contributed by atoms with Crippen LogP contribution in [0.25, 0.3) is 0 Å². The number of pyridine rings is 1. The maximum absolute atomic E-state index is 12.9. The predicted molar refractivity (Wildman–Crippen MR) is 115 cm³/mol. The van der Waals surface area contributed by atoms with Crippen molar-refractivity contribution in [1.29, 1.82) is 0 Å². The molecule has 4 rings (SSSR count). The molecule has 1 saturated carbocycles. The van der Waals surface area contributed by atoms with Crippen molar-refractivity contribution in [2.45, 2.75) is 31.8 Å². The van der Waals surface area contributed by atoms with E-state index in [1.165, 1.54) is 0 Å². The molecule has 0 saturated heterocycles. The number of hydrogen-bond donors (Lipinski definition) is 2. The highest BCUT2D eigenvalue weighted by atomic mass is 16.5. The van der Waals surface area contributed by atoms with Gasteiger partial charge in [0.15, 0.2) is 5.82 Å². The van der Waals surface area contributed by atoms with E-state index in [-0.39, 0.29) is 24.4 Å². The summed E-state index contributed by atoms with van der Waals surface area (Å²) in [6.07, 6.45) is 3.85. The zero-order valence-corrected chi connectivity index (χ0v) is 17.3. The van der Waals surface area contributed by atoms with Crippen LogP contribution in [0.1, 0.15) is 41.7 Å². The Labute approximate surface area is 176 Å². The van der Waals surface area contributed by atoms with Crippen LogP contribution in [0.5, 0.6) is 5.75 Å². The topological polar surface area (TPSA) is 101 Å². The van der Waals surface area contributed by atoms with E-state index >= 15 is 0 Å². The normalized spacial score (nSPS) is 16.6. The summed E-state index contributed by atoms with van der Waals surface area (Å²) in [6.45, 7) is 3.13. The molecule has 2 amide bonds. The lowest BCUT2D eigenvalue weighted by molar-refractivity contribution is -0.117. The Hall–Kier alpha value is -3.13. The molecule has 2 heterocycles. The fourth-order valence-electron chi connectivity index (χ4n) is 3.79. The lowest BCUT2D eigenvalue weighted by Crippen LogP contribution is -2.47. The number of benzene rings is 1. The Bertz CT molecular complexity index is 942. The number of nitrogens with zero attached hydrogens (tertiary/aromatic N) is 3. The molecule has 1 fully saturated rings. The first-order valence-electron chi connectivity index (χ1n) is 10.2. The molecule has 1 atom stereocenters. The van der Waals surface area contributed by atoms with Crippen molar-refractivity contribution in [3.63, 3.8) is 0 Å². The molecule has 1 aromatic heterocycles. The molecule has 30 heavy (non-hydrogen) atoms. The number of carbonyl (C=O) groups is 2. The summed E-state index contributed by atoms with van der Waals surface area (Å²) in [5.74, 6) is 1.11. The Morgan fingerprint density at radius 1 is 1.27 bits per heavy atom. The van der Waals surface area contributed by atoms with E-state index in [2.05, 4.69) is 15.2 Å². The SMILES string of the molecule is COc1ccc([C@H](C)NC(=O)c2cnc3c(c2)N(C(=O)CN)CCN3C2CC2)cc1. The number of ether oxygens (including phenoxy) is 1. The summed E-state index contributed by atoms with van der Waals surface area (Å²) >= 11 is 0. The molecule has 0 unspecified atom stereocenters. The molecular formula is C22H27N5O3. The molecule has 2 aromatic rings. The van der Waals surface area contributed by atoms with Crippen molar-refractivity contribution < 1.29 is 14.3 Å². The number of anilines is 2. The Morgan fingerprint density at radius 3 is 2.63 bits per heavy atom. The quantitative estimate of drug-likeness (QED) is 0.755. The summed E-state index contributed by atoms with van der Waals surface area (Å²) in [4.78, 5) is 33.7. The second kappa shape index (κ2) is 8.31. The smallest absolute Gasteiger partial charge is 0.253 e. The zero-order valence-electron chi connectivity index (χ0n) is 17.3. The highest BCUT2D eigenvalue weighted by molar-refractivity contribution is 6.01. The van der Waals surface area contributed by atoms with Gasteiger partial charge in [0.05, 0.1) is 30.9 Å². The van der Waals surface area contributed by atoms with Crippen LogP contribution in [0, 0.1) is 0 Å². The second-order valence-corrected chi connectivity index (χ2v) is 7.71. The molecule has 0 radical (unpaired) electrons. The van der Waals surface area contributed by atoms with Crippen LogP contribution in [0.2, 0.25) is 0 Å². The van der Waals surface area contributed by atoms with Crippen LogP contribution in [-0.2, 0) is 4.79 Å². The summed E-state index contributed by atoms with van der Waals surface area (Å²) in [5, 5.41) is 3.00. The number of hydrogen-bond acceptors (Lipinski definition) is 6. The molecule has 1 aliphatic heterocycles. The molecule has 1 aromatic carbocycles. The van der Waals surface area contributed by atoms with E-state index in [9.17, 15) is 9.59 Å². The summed E-state index contributed by atoms with van der Waals surface area (Å²) in [6, 6.07) is 9.60. The number of nitrogens with two attached hydrogens (primary N) is 1. The van der Waals surface area contributed by atoms with E-state index < -0.39 is 0 Å². The van der Waals surface area contributed by atoms with E-state index in [4.69, 9.17) is 10.5 Å². The van der Waals surface area contributed by atoms with Crippen molar-refractivity contribution in [3.8, 4) is 5.75 Å². The van der Waals surface area contributed by atoms with Gasteiger partial charge in [-0.05, 0) is 43.5 Å². The Kier molecular flexibility index (Phi) is 5.59. The zero-order chi connectivity index (χ0) is 21.3. The average molecular weight is 409 g/mol. The van der Waals surface area contributed by atoms with E-state index in [1.54, 1.807) is 24.3 Å². The third kappa shape index (κ3) is 3.95. The van der Waals surface area contributed by atoms with Gasteiger partial charge in [-0.1, -0.05) is 12.1 Å². The van der Waals surface area contributed by atoms with Crippen LogP contribution in [0.15, 0.2) is 36.5 Å². The van der Waals surface area contributed by atoms with Crippen molar-refractivity contribution in [1.82, 2.24) is 10.3 Å². The lowest BCUT2D eigenvalue weighted by Gasteiger charge is -2.37. The number of methoxy groups -OCH3 is 1. The minimum absolute atomic E-state index is 0.0756. The monoisotopic (exact) mass is 409 g/mol. The molecule has 2 aliphatic rings. The van der Waals surface area contributed by atoms with E-state index in [0.29, 0.717) is 23.8 Å². The third-order valence-electron chi connectivity index (χ3n) is 5.66. The minimum Gasteiger partial charge on any atom is -0.497 e. The van der Waals surface area contributed by atoms with Crippen molar-refractivity contribution in [2.75, 3.05) is 36.5 Å². The van der Waals surface area contributed by atoms with E-state index in [1.807, 2.05) is 31.2 Å². The highest BCUT2D eigenvalue weighted by Crippen LogP contribution is 2.39. The molecule has 0 bridgehead atoms. The van der Waals surface area contributed by atoms with Gasteiger partial charge in [-0.3, -0.25) is 9.59 Å². The highest BCUT2D eigenvalue weighted by Gasteiger charge is 2.36. The van der Waals surface area contributed by atoms with Gasteiger partial charge in [-0.15, -0.1) is 0 Å². The number of fused-ring (bicyclic) bond motifs is 1. The van der Waals surface area contributed by atoms with Gasteiger partial charge in [0, 0.05) is 25.3 Å². The largest absolute Gasteiger partial charge is 0.497 e. The van der Waals surface area contributed by atoms with Gasteiger partial charge >= 0.3 is 0 Å². The fraction of sp³-hybridized carbons (Fsp3) is 0.409. The number of rotatable bonds is 6. The first kappa shape index (κ1) is 20.2.